The van der Waals surface area contributed by atoms with E-state index >= 15 is 0 Å². The maximum atomic E-state index is 14.8. The number of ketones is 1. The lowest BCUT2D eigenvalue weighted by Gasteiger charge is -2.31. The lowest BCUT2D eigenvalue weighted by molar-refractivity contribution is -0.140. The molecule has 204 valence electrons. The number of morpholine rings is 1. The van der Waals surface area contributed by atoms with Gasteiger partial charge in [-0.2, -0.15) is 0 Å². The van der Waals surface area contributed by atoms with Crippen molar-refractivity contribution in [2.75, 3.05) is 53.6 Å². The van der Waals surface area contributed by atoms with Crippen molar-refractivity contribution in [2.24, 2.45) is 0 Å². The molecule has 2 aromatic carbocycles. The second-order valence-corrected chi connectivity index (χ2v) is 9.34. The van der Waals surface area contributed by atoms with E-state index in [2.05, 4.69) is 4.90 Å². The summed E-state index contributed by atoms with van der Waals surface area (Å²) in [6.45, 7) is 6.88. The first-order valence-corrected chi connectivity index (χ1v) is 12.5. The first-order chi connectivity index (χ1) is 18.3. The molecule has 0 saturated carbocycles. The molecule has 10 heteroatoms. The van der Waals surface area contributed by atoms with Crippen molar-refractivity contribution in [1.29, 1.82) is 0 Å². The Morgan fingerprint density at radius 3 is 2.45 bits per heavy atom. The summed E-state index contributed by atoms with van der Waals surface area (Å²) >= 11 is 0. The van der Waals surface area contributed by atoms with Crippen LogP contribution in [0.25, 0.3) is 5.76 Å². The van der Waals surface area contributed by atoms with Crippen LogP contribution in [0.4, 0.5) is 4.39 Å². The number of ether oxygens (including phenoxy) is 4. The van der Waals surface area contributed by atoms with Crippen LogP contribution in [0, 0.1) is 5.82 Å². The molecule has 2 aliphatic heterocycles. The Hall–Kier alpha value is -3.63. The molecule has 9 nitrogen and oxygen atoms in total. The van der Waals surface area contributed by atoms with Gasteiger partial charge in [-0.05, 0) is 38.1 Å². The summed E-state index contributed by atoms with van der Waals surface area (Å²) < 4.78 is 36.7. The van der Waals surface area contributed by atoms with Crippen LogP contribution >= 0.6 is 0 Å². The topological polar surface area (TPSA) is 97.8 Å². The Balaban J connectivity index is 1.81. The summed E-state index contributed by atoms with van der Waals surface area (Å²) in [6.07, 6.45) is -0.249. The molecule has 1 N–H and O–H groups in total. The number of amides is 1. The van der Waals surface area contributed by atoms with Gasteiger partial charge >= 0.3 is 0 Å². The van der Waals surface area contributed by atoms with E-state index in [0.717, 1.165) is 6.07 Å². The minimum Gasteiger partial charge on any atom is -0.507 e. The SMILES string of the molecule is COc1cccc([C@@H]2C(=C(O)c3ccc(OC(C)C)c(F)c3)C(=O)C(=O)N2CCN2CCOCC2)c1OC. The summed E-state index contributed by atoms with van der Waals surface area (Å²) in [6, 6.07) is 8.09. The van der Waals surface area contributed by atoms with Gasteiger partial charge in [0.2, 0.25) is 0 Å². The van der Waals surface area contributed by atoms with E-state index in [1.165, 1.54) is 31.3 Å². The third kappa shape index (κ3) is 5.46. The molecule has 1 amide bonds. The fourth-order valence-corrected chi connectivity index (χ4v) is 4.79. The van der Waals surface area contributed by atoms with Gasteiger partial charge < -0.3 is 29.0 Å². The molecule has 0 aromatic heterocycles. The van der Waals surface area contributed by atoms with Crippen molar-refractivity contribution in [3.63, 3.8) is 0 Å². The number of carbonyl (C=O) groups is 2. The van der Waals surface area contributed by atoms with Crippen molar-refractivity contribution in [3.05, 3.63) is 58.9 Å². The van der Waals surface area contributed by atoms with Crippen LogP contribution in [0.3, 0.4) is 0 Å². The number of rotatable bonds is 9. The maximum absolute atomic E-state index is 14.8. The first-order valence-electron chi connectivity index (χ1n) is 12.5. The van der Waals surface area contributed by atoms with E-state index in [4.69, 9.17) is 18.9 Å². The van der Waals surface area contributed by atoms with Crippen molar-refractivity contribution in [1.82, 2.24) is 9.80 Å². The van der Waals surface area contributed by atoms with Crippen LogP contribution in [0.5, 0.6) is 17.2 Å². The molecule has 4 rings (SSSR count). The lowest BCUT2D eigenvalue weighted by Crippen LogP contribution is -2.42. The third-order valence-electron chi connectivity index (χ3n) is 6.60. The molecule has 0 radical (unpaired) electrons. The zero-order valence-electron chi connectivity index (χ0n) is 22.0. The number of nitrogens with zero attached hydrogens (tertiary/aromatic N) is 2. The average Bonchev–Trinajstić information content (AvgIpc) is 3.17. The van der Waals surface area contributed by atoms with E-state index in [1.807, 2.05) is 0 Å². The predicted octanol–water partition coefficient (Wildman–Crippen LogP) is 3.38. The predicted molar refractivity (Wildman–Crippen MR) is 138 cm³/mol. The first kappa shape index (κ1) is 27.4. The van der Waals surface area contributed by atoms with Crippen LogP contribution in [0.2, 0.25) is 0 Å². The molecular formula is C28H33FN2O7. The van der Waals surface area contributed by atoms with Crippen molar-refractivity contribution in [2.45, 2.75) is 26.0 Å². The number of aliphatic hydroxyl groups is 1. The maximum Gasteiger partial charge on any atom is 0.295 e. The number of hydrogen-bond donors (Lipinski definition) is 1. The Morgan fingerprint density at radius 2 is 1.82 bits per heavy atom. The summed E-state index contributed by atoms with van der Waals surface area (Å²) in [5, 5.41) is 11.3. The van der Waals surface area contributed by atoms with Crippen molar-refractivity contribution < 1.29 is 38.0 Å². The average molecular weight is 529 g/mol. The number of Topliss-reactive ketones (excluding diaryl/α,β-unsaturated/α-hetero) is 1. The summed E-state index contributed by atoms with van der Waals surface area (Å²) in [5.41, 5.74) is 0.368. The van der Waals surface area contributed by atoms with Gasteiger partial charge in [-0.3, -0.25) is 14.5 Å². The molecule has 2 fully saturated rings. The normalized spacial score (nSPS) is 19.7. The Morgan fingerprint density at radius 1 is 1.08 bits per heavy atom. The minimum atomic E-state index is -0.976. The molecule has 2 saturated heterocycles. The number of para-hydroxylation sites is 1. The number of carbonyl (C=O) groups excluding carboxylic acids is 2. The Bertz CT molecular complexity index is 1220. The van der Waals surface area contributed by atoms with Crippen molar-refractivity contribution >= 4 is 17.4 Å². The molecular weight excluding hydrogens is 495 g/mol. The molecule has 0 aliphatic carbocycles. The van der Waals surface area contributed by atoms with Gasteiger partial charge in [0, 0.05) is 37.3 Å². The van der Waals surface area contributed by atoms with Gasteiger partial charge in [0.05, 0.1) is 45.2 Å². The molecule has 0 spiro atoms. The molecule has 2 heterocycles. The molecule has 2 aliphatic rings. The van der Waals surface area contributed by atoms with Crippen LogP contribution in [0.1, 0.15) is 31.0 Å². The Kier molecular flexibility index (Phi) is 8.53. The van der Waals surface area contributed by atoms with Crippen LogP contribution < -0.4 is 14.2 Å². The monoisotopic (exact) mass is 528 g/mol. The fourth-order valence-electron chi connectivity index (χ4n) is 4.79. The number of benzene rings is 2. The van der Waals surface area contributed by atoms with E-state index in [-0.39, 0.29) is 29.5 Å². The van der Waals surface area contributed by atoms with Gasteiger partial charge in [0.15, 0.2) is 23.1 Å². The van der Waals surface area contributed by atoms with E-state index < -0.39 is 29.3 Å². The quantitative estimate of drug-likeness (QED) is 0.301. The molecule has 38 heavy (non-hydrogen) atoms. The lowest BCUT2D eigenvalue weighted by atomic mass is 9.94. The number of methoxy groups -OCH3 is 2. The largest absolute Gasteiger partial charge is 0.507 e. The molecule has 0 bridgehead atoms. The zero-order valence-corrected chi connectivity index (χ0v) is 22.0. The molecule has 1 atom stereocenters. The van der Waals surface area contributed by atoms with Gasteiger partial charge in [0.25, 0.3) is 11.7 Å². The van der Waals surface area contributed by atoms with Gasteiger partial charge in [-0.15, -0.1) is 0 Å². The van der Waals surface area contributed by atoms with Gasteiger partial charge in [-0.1, -0.05) is 12.1 Å². The van der Waals surface area contributed by atoms with Crippen molar-refractivity contribution in [3.8, 4) is 17.2 Å². The standard InChI is InChI=1S/C28H33FN2O7/c1-17(2)38-21-9-8-18(16-20(21)29)25(32)23-24(19-6-5-7-22(35-3)27(19)36-4)31(28(34)26(23)33)11-10-30-12-14-37-15-13-30/h5-9,16-17,24,32H,10-15H2,1-4H3/t24-/m1/s1. The minimum absolute atomic E-state index is 0.0218. The van der Waals surface area contributed by atoms with Gasteiger partial charge in [0.1, 0.15) is 5.76 Å². The summed E-state index contributed by atoms with van der Waals surface area (Å²) in [7, 11) is 2.95. The molecule has 2 aromatic rings. The summed E-state index contributed by atoms with van der Waals surface area (Å²) in [5.74, 6) is -2.03. The van der Waals surface area contributed by atoms with E-state index in [1.54, 1.807) is 32.0 Å². The number of hydrogen-bond acceptors (Lipinski definition) is 8. The summed E-state index contributed by atoms with van der Waals surface area (Å²) in [4.78, 5) is 30.3. The highest BCUT2D eigenvalue weighted by molar-refractivity contribution is 6.46. The Labute approximate surface area is 221 Å². The smallest absolute Gasteiger partial charge is 0.295 e. The van der Waals surface area contributed by atoms with Crippen LogP contribution in [-0.4, -0.2) is 86.3 Å². The number of aliphatic hydroxyl groups excluding tert-OH is 1. The van der Waals surface area contributed by atoms with Gasteiger partial charge in [-0.25, -0.2) is 4.39 Å². The van der Waals surface area contributed by atoms with Crippen LogP contribution in [0.15, 0.2) is 42.0 Å². The number of likely N-dealkylation sites (tertiary alicyclic amines) is 1. The number of halogens is 1. The van der Waals surface area contributed by atoms with E-state index in [9.17, 15) is 19.1 Å². The zero-order chi connectivity index (χ0) is 27.4. The molecule has 0 unspecified atom stereocenters. The fraction of sp³-hybridized carbons (Fsp3) is 0.429. The highest BCUT2D eigenvalue weighted by Crippen LogP contribution is 2.45. The second kappa shape index (κ2) is 11.8. The third-order valence-corrected chi connectivity index (χ3v) is 6.60. The second-order valence-electron chi connectivity index (χ2n) is 9.34. The van der Waals surface area contributed by atoms with E-state index in [0.29, 0.717) is 49.9 Å². The van der Waals surface area contributed by atoms with Crippen LogP contribution in [-0.2, 0) is 14.3 Å². The highest BCUT2D eigenvalue weighted by Gasteiger charge is 2.47. The highest BCUT2D eigenvalue weighted by atomic mass is 19.1.